The van der Waals surface area contributed by atoms with Crippen LogP contribution < -0.4 is 0 Å². The van der Waals surface area contributed by atoms with E-state index in [1.165, 1.54) is 51.4 Å². The number of hydrogen-bond donors (Lipinski definition) is 0. The van der Waals surface area contributed by atoms with E-state index in [0.717, 1.165) is 11.8 Å². The highest BCUT2D eigenvalue weighted by Gasteiger charge is 2.37. The minimum atomic E-state index is 0.545. The molecule has 0 aromatic carbocycles. The zero-order chi connectivity index (χ0) is 12.7. The van der Waals surface area contributed by atoms with Crippen molar-refractivity contribution in [1.29, 1.82) is 0 Å². The Morgan fingerprint density at radius 3 is 1.47 bits per heavy atom. The monoisotopic (exact) mass is 240 g/mol. The minimum absolute atomic E-state index is 0.545. The van der Waals surface area contributed by atoms with Crippen molar-refractivity contribution in [2.24, 2.45) is 11.8 Å². The van der Waals surface area contributed by atoms with E-state index in [0.29, 0.717) is 12.2 Å². The molecule has 1 heterocycles. The maximum absolute atomic E-state index is 6.28. The van der Waals surface area contributed by atoms with Crippen molar-refractivity contribution in [2.75, 3.05) is 0 Å². The van der Waals surface area contributed by atoms with Gasteiger partial charge in [-0.25, -0.2) is 0 Å². The third kappa shape index (κ3) is 4.62. The molecule has 102 valence electrons. The summed E-state index contributed by atoms with van der Waals surface area (Å²) in [6, 6.07) is 0. The van der Waals surface area contributed by atoms with Gasteiger partial charge in [-0.05, 0) is 24.7 Å². The molecule has 0 spiro atoms. The van der Waals surface area contributed by atoms with Gasteiger partial charge in [-0.1, -0.05) is 66.2 Å². The molecule has 1 saturated heterocycles. The van der Waals surface area contributed by atoms with Crippen molar-refractivity contribution in [2.45, 2.75) is 91.3 Å². The van der Waals surface area contributed by atoms with Crippen LogP contribution in [0.15, 0.2) is 0 Å². The first kappa shape index (κ1) is 15.0. The van der Waals surface area contributed by atoms with Crippen LogP contribution in [0.3, 0.4) is 0 Å². The topological polar surface area (TPSA) is 9.23 Å². The van der Waals surface area contributed by atoms with Crippen molar-refractivity contribution in [3.05, 3.63) is 0 Å². The second kappa shape index (κ2) is 8.13. The van der Waals surface area contributed by atoms with Gasteiger partial charge < -0.3 is 4.74 Å². The molecule has 1 fully saturated rings. The maximum Gasteiger partial charge on any atom is 0.0608 e. The fraction of sp³-hybridized carbons (Fsp3) is 1.00. The summed E-state index contributed by atoms with van der Waals surface area (Å²) in [5.74, 6) is 1.52. The third-order valence-corrected chi connectivity index (χ3v) is 4.54. The van der Waals surface area contributed by atoms with Crippen molar-refractivity contribution >= 4 is 0 Å². The van der Waals surface area contributed by atoms with Gasteiger partial charge in [0.2, 0.25) is 0 Å². The van der Waals surface area contributed by atoms with Crippen LogP contribution in [0.25, 0.3) is 0 Å². The standard InChI is InChI=1S/C16H32O/c1-5-7-9-11-15-13(3)14(4)16(17-15)12-10-8-6-2/h13-16H,5-12H2,1-4H3. The lowest BCUT2D eigenvalue weighted by molar-refractivity contribution is 0.0195. The molecule has 1 heteroatoms. The fourth-order valence-corrected chi connectivity index (χ4v) is 3.00. The normalized spacial score (nSPS) is 33.2. The van der Waals surface area contributed by atoms with E-state index in [2.05, 4.69) is 27.7 Å². The molecule has 4 unspecified atom stereocenters. The Morgan fingerprint density at radius 1 is 0.706 bits per heavy atom. The lowest BCUT2D eigenvalue weighted by Crippen LogP contribution is -2.16. The van der Waals surface area contributed by atoms with Gasteiger partial charge in [0.15, 0.2) is 0 Å². The Hall–Kier alpha value is -0.0400. The first-order valence-corrected chi connectivity index (χ1v) is 7.86. The Balaban J connectivity index is 2.29. The van der Waals surface area contributed by atoms with E-state index in [9.17, 15) is 0 Å². The number of ether oxygens (including phenoxy) is 1. The van der Waals surface area contributed by atoms with Gasteiger partial charge >= 0.3 is 0 Å². The third-order valence-electron chi connectivity index (χ3n) is 4.54. The number of hydrogen-bond acceptors (Lipinski definition) is 1. The first-order chi connectivity index (χ1) is 8.20. The second-order valence-corrected chi connectivity index (χ2v) is 5.92. The summed E-state index contributed by atoms with van der Waals surface area (Å²) in [7, 11) is 0. The van der Waals surface area contributed by atoms with Gasteiger partial charge in [-0.2, -0.15) is 0 Å². The molecule has 17 heavy (non-hydrogen) atoms. The molecule has 0 amide bonds. The molecule has 1 aliphatic rings. The van der Waals surface area contributed by atoms with Gasteiger partial charge in [-0.3, -0.25) is 0 Å². The molecule has 1 rings (SSSR count). The highest BCUT2D eigenvalue weighted by Crippen LogP contribution is 2.36. The van der Waals surface area contributed by atoms with E-state index in [-0.39, 0.29) is 0 Å². The average molecular weight is 240 g/mol. The molecule has 0 saturated carbocycles. The molecule has 0 radical (unpaired) electrons. The molecule has 4 atom stereocenters. The molecule has 0 aliphatic carbocycles. The maximum atomic E-state index is 6.28. The van der Waals surface area contributed by atoms with E-state index < -0.39 is 0 Å². The van der Waals surface area contributed by atoms with Crippen LogP contribution in [0.1, 0.15) is 79.1 Å². The van der Waals surface area contributed by atoms with E-state index in [4.69, 9.17) is 4.74 Å². The summed E-state index contributed by atoms with van der Waals surface area (Å²) in [5, 5.41) is 0. The van der Waals surface area contributed by atoms with Crippen LogP contribution in [0, 0.1) is 11.8 Å². The van der Waals surface area contributed by atoms with Gasteiger partial charge in [0, 0.05) is 0 Å². The summed E-state index contributed by atoms with van der Waals surface area (Å²) in [6.45, 7) is 9.33. The molecule has 0 bridgehead atoms. The Labute approximate surface area is 108 Å². The number of rotatable bonds is 8. The van der Waals surface area contributed by atoms with Gasteiger partial charge in [0.1, 0.15) is 0 Å². The zero-order valence-electron chi connectivity index (χ0n) is 12.4. The van der Waals surface area contributed by atoms with Crippen molar-refractivity contribution in [3.63, 3.8) is 0 Å². The van der Waals surface area contributed by atoms with Gasteiger partial charge in [0.05, 0.1) is 12.2 Å². The SMILES string of the molecule is CCCCCC1OC(CCCCC)C(C)C1C. The molecular weight excluding hydrogens is 208 g/mol. The van der Waals surface area contributed by atoms with Crippen molar-refractivity contribution in [1.82, 2.24) is 0 Å². The predicted molar refractivity (Wildman–Crippen MR) is 75.3 cm³/mol. The lowest BCUT2D eigenvalue weighted by atomic mass is 9.87. The predicted octanol–water partition coefficient (Wildman–Crippen LogP) is 5.19. The molecule has 0 N–H and O–H groups in total. The van der Waals surface area contributed by atoms with Crippen LogP contribution >= 0.6 is 0 Å². The van der Waals surface area contributed by atoms with Crippen LogP contribution in [-0.4, -0.2) is 12.2 Å². The average Bonchev–Trinajstić information content (AvgIpc) is 2.59. The number of unbranched alkanes of at least 4 members (excludes halogenated alkanes) is 4. The van der Waals surface area contributed by atoms with Crippen molar-refractivity contribution in [3.8, 4) is 0 Å². The van der Waals surface area contributed by atoms with Crippen LogP contribution in [0.5, 0.6) is 0 Å². The summed E-state index contributed by atoms with van der Waals surface area (Å²) < 4.78 is 6.28. The van der Waals surface area contributed by atoms with E-state index in [1.807, 2.05) is 0 Å². The zero-order valence-corrected chi connectivity index (χ0v) is 12.4. The molecule has 1 aliphatic heterocycles. The quantitative estimate of drug-likeness (QED) is 0.531. The molecule has 0 aromatic rings. The largest absolute Gasteiger partial charge is 0.374 e. The smallest absolute Gasteiger partial charge is 0.0608 e. The lowest BCUT2D eigenvalue weighted by Gasteiger charge is -2.15. The van der Waals surface area contributed by atoms with E-state index in [1.54, 1.807) is 0 Å². The van der Waals surface area contributed by atoms with Crippen molar-refractivity contribution < 1.29 is 4.74 Å². The summed E-state index contributed by atoms with van der Waals surface area (Å²) in [6.07, 6.45) is 11.7. The Bertz CT molecular complexity index is 170. The van der Waals surface area contributed by atoms with Crippen LogP contribution in [0.4, 0.5) is 0 Å². The highest BCUT2D eigenvalue weighted by atomic mass is 16.5. The second-order valence-electron chi connectivity index (χ2n) is 5.92. The summed E-state index contributed by atoms with van der Waals surface area (Å²) in [5.41, 5.74) is 0. The Morgan fingerprint density at radius 2 is 1.12 bits per heavy atom. The molecule has 0 aromatic heterocycles. The summed E-state index contributed by atoms with van der Waals surface area (Å²) >= 11 is 0. The first-order valence-electron chi connectivity index (χ1n) is 7.86. The molecular formula is C16H32O. The minimum Gasteiger partial charge on any atom is -0.374 e. The highest BCUT2D eigenvalue weighted by molar-refractivity contribution is 4.85. The van der Waals surface area contributed by atoms with Gasteiger partial charge in [0.25, 0.3) is 0 Å². The summed E-state index contributed by atoms with van der Waals surface area (Å²) in [4.78, 5) is 0. The van der Waals surface area contributed by atoms with Crippen LogP contribution in [0.2, 0.25) is 0 Å². The van der Waals surface area contributed by atoms with Crippen LogP contribution in [-0.2, 0) is 4.74 Å². The molecule has 1 nitrogen and oxygen atoms in total. The fourth-order valence-electron chi connectivity index (χ4n) is 3.00. The Kier molecular flexibility index (Phi) is 7.18. The van der Waals surface area contributed by atoms with Gasteiger partial charge in [-0.15, -0.1) is 0 Å². The van der Waals surface area contributed by atoms with E-state index >= 15 is 0 Å².